The van der Waals surface area contributed by atoms with Crippen LogP contribution in [0.5, 0.6) is 0 Å². The molecule has 39 heavy (non-hydrogen) atoms. The summed E-state index contributed by atoms with van der Waals surface area (Å²) in [5.74, 6) is -4.68. The van der Waals surface area contributed by atoms with E-state index >= 15 is 0 Å². The van der Waals surface area contributed by atoms with Gasteiger partial charge in [-0.3, -0.25) is 9.69 Å². The molecule has 1 aliphatic heterocycles. The van der Waals surface area contributed by atoms with Gasteiger partial charge in [0.1, 0.15) is 0 Å². The highest BCUT2D eigenvalue weighted by Crippen LogP contribution is 2.49. The molecule has 1 unspecified atom stereocenters. The Bertz CT molecular complexity index is 1220. The van der Waals surface area contributed by atoms with Crippen LogP contribution in [0.3, 0.4) is 0 Å². The van der Waals surface area contributed by atoms with Gasteiger partial charge in [0.2, 0.25) is 5.91 Å². The molecule has 214 valence electrons. The number of halogens is 9. The zero-order valence-corrected chi connectivity index (χ0v) is 20.6. The van der Waals surface area contributed by atoms with Crippen LogP contribution in [0.2, 0.25) is 0 Å². The molecule has 2 aromatic rings. The molecule has 0 saturated heterocycles. The van der Waals surface area contributed by atoms with Gasteiger partial charge in [-0.25, -0.2) is 4.79 Å². The highest BCUT2D eigenvalue weighted by molar-refractivity contribution is 5.91. The lowest BCUT2D eigenvalue weighted by Gasteiger charge is -2.41. The predicted molar refractivity (Wildman–Crippen MR) is 121 cm³/mol. The third kappa shape index (κ3) is 6.41. The summed E-state index contributed by atoms with van der Waals surface area (Å²) in [7, 11) is 0. The monoisotopic (exact) mass is 570 g/mol. The van der Waals surface area contributed by atoms with Gasteiger partial charge in [-0.2, -0.15) is 39.5 Å². The molecular weight excluding hydrogens is 547 g/mol. The van der Waals surface area contributed by atoms with E-state index in [1.54, 1.807) is 0 Å². The molecule has 2 aromatic carbocycles. The quantitative estimate of drug-likeness (QED) is 0.394. The molecule has 0 bridgehead atoms. The van der Waals surface area contributed by atoms with Crippen molar-refractivity contribution < 1.29 is 53.8 Å². The van der Waals surface area contributed by atoms with Gasteiger partial charge in [0, 0.05) is 12.0 Å². The zero-order chi connectivity index (χ0) is 29.7. The van der Waals surface area contributed by atoms with Gasteiger partial charge >= 0.3 is 24.6 Å². The Labute approximate surface area is 216 Å². The number of hydrogen-bond acceptors (Lipinski definition) is 3. The molecule has 0 spiro atoms. The van der Waals surface area contributed by atoms with Crippen LogP contribution in [0.25, 0.3) is 0 Å². The average Bonchev–Trinajstić information content (AvgIpc) is 2.76. The standard InChI is InChI=1S/C25H23F9N2O3/c1-11(2)39-22(38)36-12(3)6-18(17-10-14(23(26,27)28)4-5-19(17)36)20(21(35)37)13-7-15(24(29,30)31)9-16(8-13)25(32,33)34/h4-5,7-12,18,20H,6H2,1-3H3,(H2,35,37)/t12-,18?,20-/m0/s1. The largest absolute Gasteiger partial charge is 0.446 e. The minimum atomic E-state index is -5.24. The van der Waals surface area contributed by atoms with Crippen molar-refractivity contribution in [2.75, 3.05) is 4.90 Å². The highest BCUT2D eigenvalue weighted by Gasteiger charge is 2.44. The van der Waals surface area contributed by atoms with Crippen molar-refractivity contribution >= 4 is 17.7 Å². The summed E-state index contributed by atoms with van der Waals surface area (Å²) < 4.78 is 127. The Morgan fingerprint density at radius 2 is 1.38 bits per heavy atom. The van der Waals surface area contributed by atoms with Crippen LogP contribution in [0.1, 0.15) is 66.8 Å². The number of rotatable bonds is 4. The second-order valence-corrected chi connectivity index (χ2v) is 9.48. The molecule has 14 heteroatoms. The van der Waals surface area contributed by atoms with Crippen molar-refractivity contribution in [3.63, 3.8) is 0 Å². The second kappa shape index (κ2) is 10.3. The first-order chi connectivity index (χ1) is 17.7. The van der Waals surface area contributed by atoms with Crippen LogP contribution in [0.15, 0.2) is 36.4 Å². The summed E-state index contributed by atoms with van der Waals surface area (Å²) in [5.41, 5.74) is -0.388. The van der Waals surface area contributed by atoms with Gasteiger partial charge in [0.05, 0.1) is 34.4 Å². The van der Waals surface area contributed by atoms with Crippen molar-refractivity contribution in [3.05, 3.63) is 64.2 Å². The normalized spacial score (nSPS) is 19.1. The van der Waals surface area contributed by atoms with E-state index < -0.39 is 76.8 Å². The molecule has 0 aromatic heterocycles. The van der Waals surface area contributed by atoms with Gasteiger partial charge in [-0.05, 0) is 74.7 Å². The number of carbonyl (C=O) groups is 2. The van der Waals surface area contributed by atoms with E-state index in [0.717, 1.165) is 11.0 Å². The van der Waals surface area contributed by atoms with Gasteiger partial charge in [0.15, 0.2) is 0 Å². The molecule has 0 radical (unpaired) electrons. The van der Waals surface area contributed by atoms with Crippen molar-refractivity contribution in [3.8, 4) is 0 Å². The molecule has 1 heterocycles. The van der Waals surface area contributed by atoms with Crippen LogP contribution in [-0.2, 0) is 28.1 Å². The fourth-order valence-electron chi connectivity index (χ4n) is 4.69. The average molecular weight is 570 g/mol. The van der Waals surface area contributed by atoms with Crippen molar-refractivity contribution in [1.29, 1.82) is 0 Å². The van der Waals surface area contributed by atoms with Crippen LogP contribution in [0, 0.1) is 0 Å². The number of primary amides is 1. The maximum atomic E-state index is 13.6. The Kier molecular flexibility index (Phi) is 7.92. The number of fused-ring (bicyclic) bond motifs is 1. The molecule has 1 aliphatic rings. The predicted octanol–water partition coefficient (Wildman–Crippen LogP) is 7.24. The van der Waals surface area contributed by atoms with E-state index in [1.165, 1.54) is 20.8 Å². The topological polar surface area (TPSA) is 72.6 Å². The Morgan fingerprint density at radius 1 is 0.872 bits per heavy atom. The lowest BCUT2D eigenvalue weighted by atomic mass is 9.73. The van der Waals surface area contributed by atoms with E-state index in [9.17, 15) is 49.1 Å². The number of anilines is 1. The van der Waals surface area contributed by atoms with E-state index in [-0.39, 0.29) is 23.7 Å². The second-order valence-electron chi connectivity index (χ2n) is 9.48. The molecule has 5 nitrogen and oxygen atoms in total. The summed E-state index contributed by atoms with van der Waals surface area (Å²) in [6.07, 6.45) is -17.3. The summed E-state index contributed by atoms with van der Waals surface area (Å²) in [5, 5.41) is 0. The van der Waals surface area contributed by atoms with Crippen LogP contribution in [-0.4, -0.2) is 24.1 Å². The summed E-state index contributed by atoms with van der Waals surface area (Å²) in [6, 6.07) is 1.83. The lowest BCUT2D eigenvalue weighted by Crippen LogP contribution is -2.46. The van der Waals surface area contributed by atoms with Crippen LogP contribution < -0.4 is 10.6 Å². The molecule has 0 saturated carbocycles. The minimum Gasteiger partial charge on any atom is -0.446 e. The number of hydrogen-bond donors (Lipinski definition) is 1. The molecule has 0 fully saturated rings. The van der Waals surface area contributed by atoms with Crippen molar-refractivity contribution in [1.82, 2.24) is 0 Å². The minimum absolute atomic E-state index is 0.135. The molecule has 2 amide bonds. The van der Waals surface area contributed by atoms with Gasteiger partial charge in [0.25, 0.3) is 0 Å². The molecular formula is C25H23F9N2O3. The fraction of sp³-hybridized carbons (Fsp3) is 0.440. The highest BCUT2D eigenvalue weighted by atomic mass is 19.4. The van der Waals surface area contributed by atoms with E-state index in [4.69, 9.17) is 10.5 Å². The maximum absolute atomic E-state index is 13.6. The van der Waals surface area contributed by atoms with Gasteiger partial charge < -0.3 is 10.5 Å². The Hall–Kier alpha value is -3.45. The Balaban J connectivity index is 2.29. The first-order valence-electron chi connectivity index (χ1n) is 11.5. The summed E-state index contributed by atoms with van der Waals surface area (Å²) in [4.78, 5) is 26.4. The molecule has 3 rings (SSSR count). The third-order valence-corrected chi connectivity index (χ3v) is 6.26. The molecule has 0 aliphatic carbocycles. The number of ether oxygens (including phenoxy) is 1. The maximum Gasteiger partial charge on any atom is 0.416 e. The molecule has 2 N–H and O–H groups in total. The van der Waals surface area contributed by atoms with E-state index in [2.05, 4.69) is 0 Å². The number of benzene rings is 2. The summed E-state index contributed by atoms with van der Waals surface area (Å²) >= 11 is 0. The number of nitrogens with two attached hydrogens (primary N) is 1. The molecule has 3 atom stereocenters. The Morgan fingerprint density at radius 3 is 1.82 bits per heavy atom. The number of nitrogens with zero attached hydrogens (tertiary/aromatic N) is 1. The van der Waals surface area contributed by atoms with Crippen molar-refractivity contribution in [2.24, 2.45) is 5.73 Å². The summed E-state index contributed by atoms with van der Waals surface area (Å²) in [6.45, 7) is 4.50. The number of amides is 2. The fourth-order valence-corrected chi connectivity index (χ4v) is 4.69. The van der Waals surface area contributed by atoms with Gasteiger partial charge in [-0.15, -0.1) is 0 Å². The smallest absolute Gasteiger partial charge is 0.416 e. The zero-order valence-electron chi connectivity index (χ0n) is 20.6. The lowest BCUT2D eigenvalue weighted by molar-refractivity contribution is -0.143. The van der Waals surface area contributed by atoms with Gasteiger partial charge in [-0.1, -0.05) is 0 Å². The van der Waals surface area contributed by atoms with Crippen molar-refractivity contribution in [2.45, 2.75) is 69.7 Å². The van der Waals surface area contributed by atoms with E-state index in [0.29, 0.717) is 24.3 Å². The first-order valence-corrected chi connectivity index (χ1v) is 11.5. The van der Waals surface area contributed by atoms with Crippen LogP contribution >= 0.6 is 0 Å². The third-order valence-electron chi connectivity index (χ3n) is 6.26. The van der Waals surface area contributed by atoms with Crippen LogP contribution in [0.4, 0.5) is 50.0 Å². The number of alkyl halides is 9. The first kappa shape index (κ1) is 30.1. The SMILES string of the molecule is CC(C)OC(=O)N1c2ccc(C(F)(F)F)cc2C([C@@H](C(N)=O)c2cc(C(F)(F)F)cc(C(F)(F)F)c2)C[C@@H]1C. The number of carbonyl (C=O) groups excluding carboxylic acids is 2. The van der Waals surface area contributed by atoms with E-state index in [1.807, 2.05) is 0 Å².